The summed E-state index contributed by atoms with van der Waals surface area (Å²) in [5.41, 5.74) is 0. The second-order valence-corrected chi connectivity index (χ2v) is 1.41. The van der Waals surface area contributed by atoms with Gasteiger partial charge in [-0.1, -0.05) is 6.08 Å². The van der Waals surface area contributed by atoms with Gasteiger partial charge in [0.15, 0.2) is 5.78 Å². The molecule has 1 aliphatic carbocycles. The molecular weight excluding hydrogens is 99.0 g/mol. The van der Waals surface area contributed by atoms with Gasteiger partial charge in [0, 0.05) is 36.0 Å². The molecule has 0 heterocycles. The first-order valence-corrected chi connectivity index (χ1v) is 2.09. The van der Waals surface area contributed by atoms with E-state index >= 15 is 0 Å². The van der Waals surface area contributed by atoms with Crippen molar-refractivity contribution in [1.82, 2.24) is 0 Å². The van der Waals surface area contributed by atoms with E-state index in [1.165, 1.54) is 0 Å². The quantitative estimate of drug-likeness (QED) is 0.410. The second-order valence-electron chi connectivity index (χ2n) is 1.41. The Morgan fingerprint density at radius 1 is 1.57 bits per heavy atom. The summed E-state index contributed by atoms with van der Waals surface area (Å²) in [4.78, 5) is 10.2. The van der Waals surface area contributed by atoms with Crippen LogP contribution in [0.4, 0.5) is 0 Å². The molecule has 0 N–H and O–H groups in total. The largest absolute Gasteiger partial charge is 0.295 e. The van der Waals surface area contributed by atoms with Crippen LogP contribution in [0, 0.1) is 0 Å². The van der Waals surface area contributed by atoms with Crippen molar-refractivity contribution in [1.29, 1.82) is 0 Å². The van der Waals surface area contributed by atoms with E-state index in [1.807, 2.05) is 6.08 Å². The van der Waals surface area contributed by atoms with Crippen LogP contribution in [0.15, 0.2) is 12.2 Å². The van der Waals surface area contributed by atoms with E-state index in [2.05, 4.69) is 0 Å². The molecule has 0 aromatic heterocycles. The van der Waals surface area contributed by atoms with Crippen molar-refractivity contribution in [3.63, 3.8) is 0 Å². The van der Waals surface area contributed by atoms with Crippen molar-refractivity contribution in [2.75, 3.05) is 0 Å². The number of carbonyl (C=O) groups is 1. The molecule has 0 amide bonds. The van der Waals surface area contributed by atoms with Crippen LogP contribution in [-0.4, -0.2) is 35.3 Å². The molecule has 0 saturated carbocycles. The molecule has 0 aromatic carbocycles. The topological polar surface area (TPSA) is 17.1 Å². The van der Waals surface area contributed by atoms with Crippen LogP contribution in [-0.2, 0) is 4.79 Å². The molecule has 0 fully saturated rings. The Labute approximate surface area is 65.1 Å². The molecule has 1 aliphatic rings. The van der Waals surface area contributed by atoms with E-state index in [1.54, 1.807) is 6.08 Å². The maximum Gasteiger partial charge on any atom is 0.155 e. The average Bonchev–Trinajstić information content (AvgIpc) is 1.86. The predicted molar refractivity (Wildman–Crippen MR) is 29.1 cm³/mol. The second kappa shape index (κ2) is 3.42. The molecule has 1 radical (unpaired) electrons. The SMILES string of the molecule is O=C1C=CCC1.[Na]. The summed E-state index contributed by atoms with van der Waals surface area (Å²) >= 11 is 0. The van der Waals surface area contributed by atoms with E-state index in [0.717, 1.165) is 12.8 Å². The van der Waals surface area contributed by atoms with Crippen LogP contribution in [0.3, 0.4) is 0 Å². The van der Waals surface area contributed by atoms with Crippen LogP contribution in [0.2, 0.25) is 0 Å². The molecule has 0 atom stereocenters. The van der Waals surface area contributed by atoms with Gasteiger partial charge in [-0.3, -0.25) is 4.79 Å². The fourth-order valence-corrected chi connectivity index (χ4v) is 0.524. The Bertz CT molecular complexity index is 96.3. The predicted octanol–water partition coefficient (Wildman–Crippen LogP) is 0.525. The molecule has 2 heteroatoms. The van der Waals surface area contributed by atoms with Crippen LogP contribution >= 0.6 is 0 Å². The van der Waals surface area contributed by atoms with Crippen molar-refractivity contribution in [2.45, 2.75) is 12.8 Å². The van der Waals surface area contributed by atoms with Gasteiger partial charge in [0.2, 0.25) is 0 Å². The smallest absolute Gasteiger partial charge is 0.155 e. The summed E-state index contributed by atoms with van der Waals surface area (Å²) < 4.78 is 0. The first-order valence-electron chi connectivity index (χ1n) is 2.09. The minimum atomic E-state index is 0. The number of hydrogen-bond acceptors (Lipinski definition) is 1. The summed E-state index contributed by atoms with van der Waals surface area (Å²) in [6, 6.07) is 0. The molecule has 0 unspecified atom stereocenters. The number of rotatable bonds is 0. The molecule has 1 nitrogen and oxygen atoms in total. The maximum absolute atomic E-state index is 10.2. The van der Waals surface area contributed by atoms with E-state index in [0.29, 0.717) is 0 Å². The third-order valence-electron chi connectivity index (χ3n) is 0.861. The van der Waals surface area contributed by atoms with Crippen LogP contribution < -0.4 is 0 Å². The maximum atomic E-state index is 10.2. The van der Waals surface area contributed by atoms with Crippen LogP contribution in [0.25, 0.3) is 0 Å². The molecule has 33 valence electrons. The zero-order valence-electron chi connectivity index (χ0n) is 4.48. The normalized spacial score (nSPS) is 16.9. The first-order chi connectivity index (χ1) is 2.89. The first kappa shape index (κ1) is 7.41. The van der Waals surface area contributed by atoms with E-state index in [-0.39, 0.29) is 35.3 Å². The van der Waals surface area contributed by atoms with Gasteiger partial charge in [-0.15, -0.1) is 0 Å². The van der Waals surface area contributed by atoms with Crippen molar-refractivity contribution in [3.8, 4) is 0 Å². The molecular formula is C5H6NaO. The Morgan fingerprint density at radius 2 is 2.29 bits per heavy atom. The number of hydrogen-bond donors (Lipinski definition) is 0. The molecule has 0 aromatic rings. The van der Waals surface area contributed by atoms with E-state index in [9.17, 15) is 4.79 Å². The molecule has 1 rings (SSSR count). The van der Waals surface area contributed by atoms with Crippen LogP contribution in [0.5, 0.6) is 0 Å². The van der Waals surface area contributed by atoms with Gasteiger partial charge in [-0.05, 0) is 12.5 Å². The fourth-order valence-electron chi connectivity index (χ4n) is 0.524. The molecule has 0 aliphatic heterocycles. The Morgan fingerprint density at radius 3 is 2.43 bits per heavy atom. The van der Waals surface area contributed by atoms with Gasteiger partial charge >= 0.3 is 0 Å². The van der Waals surface area contributed by atoms with Gasteiger partial charge in [-0.25, -0.2) is 0 Å². The van der Waals surface area contributed by atoms with Gasteiger partial charge in [0.25, 0.3) is 0 Å². The van der Waals surface area contributed by atoms with Gasteiger partial charge < -0.3 is 0 Å². The van der Waals surface area contributed by atoms with E-state index in [4.69, 9.17) is 0 Å². The summed E-state index contributed by atoms with van der Waals surface area (Å²) in [7, 11) is 0. The summed E-state index contributed by atoms with van der Waals surface area (Å²) in [6.45, 7) is 0. The van der Waals surface area contributed by atoms with Crippen molar-refractivity contribution in [3.05, 3.63) is 12.2 Å². The average molecular weight is 105 g/mol. The van der Waals surface area contributed by atoms with Gasteiger partial charge in [0.1, 0.15) is 0 Å². The fraction of sp³-hybridized carbons (Fsp3) is 0.400. The molecule has 7 heavy (non-hydrogen) atoms. The summed E-state index contributed by atoms with van der Waals surface area (Å²) in [6.07, 6.45) is 5.24. The molecule has 0 spiro atoms. The Kier molecular flexibility index (Phi) is 3.62. The number of ketones is 1. The van der Waals surface area contributed by atoms with Gasteiger partial charge in [0.05, 0.1) is 0 Å². The third-order valence-corrected chi connectivity index (χ3v) is 0.861. The van der Waals surface area contributed by atoms with Gasteiger partial charge in [-0.2, -0.15) is 0 Å². The standard InChI is InChI=1S/C5H6O.Na/c6-5-3-1-2-4-5;/h1,3H,2,4H2;. The minimum Gasteiger partial charge on any atom is -0.295 e. The monoisotopic (exact) mass is 105 g/mol. The number of carbonyl (C=O) groups excluding carboxylic acids is 1. The third kappa shape index (κ3) is 2.27. The van der Waals surface area contributed by atoms with Crippen LogP contribution in [0.1, 0.15) is 12.8 Å². The zero-order chi connectivity index (χ0) is 4.41. The van der Waals surface area contributed by atoms with Crippen molar-refractivity contribution < 1.29 is 4.79 Å². The zero-order valence-corrected chi connectivity index (χ0v) is 6.48. The van der Waals surface area contributed by atoms with Crippen molar-refractivity contribution >= 4 is 35.3 Å². The number of allylic oxidation sites excluding steroid dienone is 2. The van der Waals surface area contributed by atoms with Crippen molar-refractivity contribution in [2.24, 2.45) is 0 Å². The van der Waals surface area contributed by atoms with E-state index < -0.39 is 0 Å². The summed E-state index contributed by atoms with van der Waals surface area (Å²) in [5, 5.41) is 0. The summed E-state index contributed by atoms with van der Waals surface area (Å²) in [5.74, 6) is 0.273. The molecule has 0 saturated heterocycles. The molecule has 0 bridgehead atoms. The Hall–Kier alpha value is 0.410. The minimum absolute atomic E-state index is 0. The Balaban J connectivity index is 0.000000360.